The Morgan fingerprint density at radius 2 is 1.90 bits per heavy atom. The number of carbonyl (C=O) groups is 1. The Labute approximate surface area is 168 Å². The van der Waals surface area contributed by atoms with Crippen molar-refractivity contribution >= 4 is 33.3 Å². The molecule has 4 rings (SSSR count). The van der Waals surface area contributed by atoms with Crippen molar-refractivity contribution in [1.82, 2.24) is 14.3 Å². The smallest absolute Gasteiger partial charge is 0.275 e. The van der Waals surface area contributed by atoms with Gasteiger partial charge in [0, 0.05) is 23.5 Å². The SMILES string of the molecule is CC(C)CCn1ccc2c(NC(=O)Cn3ncc4ccccc4c3=O)cccc21. The van der Waals surface area contributed by atoms with Gasteiger partial charge in [-0.25, -0.2) is 4.68 Å². The predicted octanol–water partition coefficient (Wildman–Crippen LogP) is 4.04. The molecule has 0 spiro atoms. The van der Waals surface area contributed by atoms with Gasteiger partial charge in [0.1, 0.15) is 6.54 Å². The van der Waals surface area contributed by atoms with Gasteiger partial charge in [0.05, 0.1) is 22.8 Å². The van der Waals surface area contributed by atoms with Crippen LogP contribution in [0.15, 0.2) is 65.7 Å². The van der Waals surface area contributed by atoms with Crippen molar-refractivity contribution in [2.75, 3.05) is 5.32 Å². The van der Waals surface area contributed by atoms with E-state index in [1.807, 2.05) is 30.3 Å². The molecule has 0 saturated carbocycles. The van der Waals surface area contributed by atoms with Gasteiger partial charge in [-0.3, -0.25) is 9.59 Å². The normalized spacial score (nSPS) is 11.4. The van der Waals surface area contributed by atoms with E-state index in [4.69, 9.17) is 0 Å². The van der Waals surface area contributed by atoms with Gasteiger partial charge in [0.2, 0.25) is 5.91 Å². The van der Waals surface area contributed by atoms with Crippen molar-refractivity contribution in [2.45, 2.75) is 33.4 Å². The van der Waals surface area contributed by atoms with Crippen LogP contribution in [0, 0.1) is 5.92 Å². The highest BCUT2D eigenvalue weighted by Crippen LogP contribution is 2.25. The van der Waals surface area contributed by atoms with Crippen LogP contribution in [-0.2, 0) is 17.9 Å². The van der Waals surface area contributed by atoms with Crippen LogP contribution in [0.2, 0.25) is 0 Å². The number of nitrogens with zero attached hydrogens (tertiary/aromatic N) is 3. The molecule has 4 aromatic rings. The van der Waals surface area contributed by atoms with Crippen LogP contribution in [0.4, 0.5) is 5.69 Å². The summed E-state index contributed by atoms with van der Waals surface area (Å²) in [4.78, 5) is 25.2. The third kappa shape index (κ3) is 3.92. The molecule has 0 unspecified atom stereocenters. The summed E-state index contributed by atoms with van der Waals surface area (Å²) in [6.45, 7) is 5.23. The second kappa shape index (κ2) is 7.91. The number of nitrogens with one attached hydrogen (secondary N) is 1. The molecule has 6 nitrogen and oxygen atoms in total. The van der Waals surface area contributed by atoms with Crippen molar-refractivity contribution in [2.24, 2.45) is 5.92 Å². The summed E-state index contributed by atoms with van der Waals surface area (Å²) in [6.07, 6.45) is 4.76. The van der Waals surface area contributed by atoms with Crippen LogP contribution in [0.5, 0.6) is 0 Å². The topological polar surface area (TPSA) is 68.9 Å². The highest BCUT2D eigenvalue weighted by atomic mass is 16.2. The lowest BCUT2D eigenvalue weighted by atomic mass is 10.1. The van der Waals surface area contributed by atoms with Crippen LogP contribution in [0.1, 0.15) is 20.3 Å². The lowest BCUT2D eigenvalue weighted by molar-refractivity contribution is -0.117. The van der Waals surface area contributed by atoms with Crippen LogP contribution in [0.3, 0.4) is 0 Å². The van der Waals surface area contributed by atoms with Gasteiger partial charge in [-0.2, -0.15) is 5.10 Å². The number of aryl methyl sites for hydroxylation is 1. The molecule has 0 fully saturated rings. The quantitative estimate of drug-likeness (QED) is 0.542. The molecule has 0 aliphatic rings. The number of hydrogen-bond acceptors (Lipinski definition) is 3. The van der Waals surface area contributed by atoms with E-state index in [1.54, 1.807) is 18.3 Å². The van der Waals surface area contributed by atoms with Gasteiger partial charge in [-0.1, -0.05) is 38.1 Å². The Hall–Kier alpha value is -3.41. The second-order valence-corrected chi connectivity index (χ2v) is 7.67. The fourth-order valence-corrected chi connectivity index (χ4v) is 3.49. The summed E-state index contributed by atoms with van der Waals surface area (Å²) in [5, 5.41) is 9.38. The summed E-state index contributed by atoms with van der Waals surface area (Å²) < 4.78 is 3.41. The van der Waals surface area contributed by atoms with Gasteiger partial charge in [0.15, 0.2) is 0 Å². The molecular weight excluding hydrogens is 364 g/mol. The number of rotatable bonds is 6. The Morgan fingerprint density at radius 1 is 1.07 bits per heavy atom. The van der Waals surface area contributed by atoms with Gasteiger partial charge < -0.3 is 9.88 Å². The maximum atomic E-state index is 12.6. The standard InChI is InChI=1S/C23H24N4O2/c1-16(2)10-12-26-13-11-19-20(8-5-9-21(19)26)25-22(28)15-27-23(29)18-7-4-3-6-17(18)14-24-27/h3-9,11,13-14,16H,10,12,15H2,1-2H3,(H,25,28). The first-order chi connectivity index (χ1) is 14.0. The van der Waals surface area contributed by atoms with E-state index >= 15 is 0 Å². The summed E-state index contributed by atoms with van der Waals surface area (Å²) in [5.74, 6) is 0.348. The number of hydrogen-bond donors (Lipinski definition) is 1. The molecule has 2 aromatic carbocycles. The van der Waals surface area contributed by atoms with Gasteiger partial charge in [0.25, 0.3) is 5.56 Å². The Kier molecular flexibility index (Phi) is 5.16. The summed E-state index contributed by atoms with van der Waals surface area (Å²) in [5.41, 5.74) is 1.56. The van der Waals surface area contributed by atoms with E-state index in [1.165, 1.54) is 4.68 Å². The highest BCUT2D eigenvalue weighted by molar-refractivity contribution is 6.01. The maximum absolute atomic E-state index is 12.6. The minimum Gasteiger partial charge on any atom is -0.347 e. The minimum absolute atomic E-state index is 0.131. The van der Waals surface area contributed by atoms with Gasteiger partial charge in [-0.05, 0) is 36.6 Å². The van der Waals surface area contributed by atoms with E-state index in [9.17, 15) is 9.59 Å². The Balaban J connectivity index is 1.55. The zero-order chi connectivity index (χ0) is 20.4. The van der Waals surface area contributed by atoms with E-state index in [2.05, 4.69) is 41.1 Å². The van der Waals surface area contributed by atoms with Crippen molar-refractivity contribution in [3.63, 3.8) is 0 Å². The van der Waals surface area contributed by atoms with Crippen LogP contribution < -0.4 is 10.9 Å². The van der Waals surface area contributed by atoms with E-state index in [0.29, 0.717) is 11.3 Å². The maximum Gasteiger partial charge on any atom is 0.275 e. The fourth-order valence-electron chi connectivity index (χ4n) is 3.49. The van der Waals surface area contributed by atoms with Crippen LogP contribution in [-0.4, -0.2) is 20.3 Å². The van der Waals surface area contributed by atoms with E-state index in [0.717, 1.165) is 34.9 Å². The number of benzene rings is 2. The summed E-state index contributed by atoms with van der Waals surface area (Å²) in [6, 6.07) is 15.1. The molecule has 0 atom stereocenters. The van der Waals surface area contributed by atoms with Crippen molar-refractivity contribution < 1.29 is 4.79 Å². The molecule has 0 saturated heterocycles. The van der Waals surface area contributed by atoms with Gasteiger partial charge >= 0.3 is 0 Å². The lowest BCUT2D eigenvalue weighted by Crippen LogP contribution is -2.29. The minimum atomic E-state index is -0.280. The number of aromatic nitrogens is 3. The fraction of sp³-hybridized carbons (Fsp3) is 0.261. The van der Waals surface area contributed by atoms with Crippen molar-refractivity contribution in [3.8, 4) is 0 Å². The van der Waals surface area contributed by atoms with Crippen LogP contribution >= 0.6 is 0 Å². The average molecular weight is 388 g/mol. The molecule has 0 aliphatic heterocycles. The number of anilines is 1. The third-order valence-electron chi connectivity index (χ3n) is 5.09. The van der Waals surface area contributed by atoms with Gasteiger partial charge in [-0.15, -0.1) is 0 Å². The van der Waals surface area contributed by atoms with E-state index < -0.39 is 0 Å². The molecule has 1 N–H and O–H groups in total. The average Bonchev–Trinajstić information content (AvgIpc) is 3.13. The van der Waals surface area contributed by atoms with Crippen LogP contribution in [0.25, 0.3) is 21.7 Å². The lowest BCUT2D eigenvalue weighted by Gasteiger charge is -2.10. The Bertz CT molecular complexity index is 1240. The number of fused-ring (bicyclic) bond motifs is 2. The zero-order valence-corrected chi connectivity index (χ0v) is 16.6. The first kappa shape index (κ1) is 18.9. The predicted molar refractivity (Wildman–Crippen MR) is 116 cm³/mol. The molecule has 0 aliphatic carbocycles. The molecule has 29 heavy (non-hydrogen) atoms. The number of carbonyl (C=O) groups excluding carboxylic acids is 1. The summed E-state index contributed by atoms with van der Waals surface area (Å²) >= 11 is 0. The molecule has 1 amide bonds. The van der Waals surface area contributed by atoms with Crippen molar-refractivity contribution in [3.05, 3.63) is 71.3 Å². The largest absolute Gasteiger partial charge is 0.347 e. The molecule has 0 radical (unpaired) electrons. The first-order valence-corrected chi connectivity index (χ1v) is 9.85. The van der Waals surface area contributed by atoms with E-state index in [-0.39, 0.29) is 18.0 Å². The number of amides is 1. The molecule has 2 heterocycles. The highest BCUT2D eigenvalue weighted by Gasteiger charge is 2.12. The zero-order valence-electron chi connectivity index (χ0n) is 16.6. The molecule has 2 aromatic heterocycles. The molecule has 0 bridgehead atoms. The van der Waals surface area contributed by atoms with Crippen molar-refractivity contribution in [1.29, 1.82) is 0 Å². The Morgan fingerprint density at radius 3 is 2.72 bits per heavy atom. The molecule has 148 valence electrons. The molecular formula is C23H24N4O2. The second-order valence-electron chi connectivity index (χ2n) is 7.67. The third-order valence-corrected chi connectivity index (χ3v) is 5.09. The summed E-state index contributed by atoms with van der Waals surface area (Å²) in [7, 11) is 0. The molecule has 6 heteroatoms. The first-order valence-electron chi connectivity index (χ1n) is 9.85. The monoisotopic (exact) mass is 388 g/mol.